The van der Waals surface area contributed by atoms with E-state index in [9.17, 15) is 5.11 Å². The molecule has 0 unspecified atom stereocenters. The highest BCUT2D eigenvalue weighted by molar-refractivity contribution is 5.16. The van der Waals surface area contributed by atoms with Gasteiger partial charge in [-0.3, -0.25) is 4.90 Å². The smallest absolute Gasteiger partial charge is 0.163 e. The lowest BCUT2D eigenvalue weighted by Crippen LogP contribution is -2.62. The number of ether oxygens (including phenoxy) is 2. The summed E-state index contributed by atoms with van der Waals surface area (Å²) >= 11 is 0. The maximum absolute atomic E-state index is 11.3. The molecule has 1 aromatic carbocycles. The van der Waals surface area contributed by atoms with Crippen LogP contribution in [-0.2, 0) is 16.0 Å². The zero-order chi connectivity index (χ0) is 20.2. The molecule has 1 saturated heterocycles. The highest BCUT2D eigenvalue weighted by Crippen LogP contribution is 2.31. The van der Waals surface area contributed by atoms with Gasteiger partial charge in [-0.25, -0.2) is 0 Å². The first-order valence-corrected chi connectivity index (χ1v) is 9.72. The van der Waals surface area contributed by atoms with Crippen LogP contribution in [0.5, 0.6) is 0 Å². The Balaban J connectivity index is 2.34. The van der Waals surface area contributed by atoms with Crippen LogP contribution in [0, 0.1) is 0 Å². The van der Waals surface area contributed by atoms with E-state index in [4.69, 9.17) is 15.2 Å². The Labute approximate surface area is 164 Å². The standard InChI is InChI=1S/C22H36N2O3/c1-7-11-17(23)19(20(25)18-15-26-22(5,6)27-18)24(21(2,3)4)14-16-12-9-8-10-13-16/h7-10,12-13,17-20,25H,1,11,14-15,23H2,2-6H3/t17-,18-,19+,20-/m1/s1. The van der Waals surface area contributed by atoms with Crippen molar-refractivity contribution in [3.63, 3.8) is 0 Å². The second kappa shape index (κ2) is 8.84. The zero-order valence-corrected chi connectivity index (χ0v) is 17.4. The number of rotatable bonds is 8. The summed E-state index contributed by atoms with van der Waals surface area (Å²) in [5, 5.41) is 11.3. The molecule has 0 aliphatic carbocycles. The second-order valence-electron chi connectivity index (χ2n) is 8.82. The van der Waals surface area contributed by atoms with Crippen LogP contribution in [0.2, 0.25) is 0 Å². The molecule has 0 radical (unpaired) electrons. The number of hydrogen-bond acceptors (Lipinski definition) is 5. The lowest BCUT2D eigenvalue weighted by Gasteiger charge is -2.47. The van der Waals surface area contributed by atoms with Crippen LogP contribution in [-0.4, -0.2) is 52.2 Å². The van der Waals surface area contributed by atoms with E-state index < -0.39 is 18.0 Å². The van der Waals surface area contributed by atoms with Gasteiger partial charge in [0, 0.05) is 18.1 Å². The predicted molar refractivity (Wildman–Crippen MR) is 109 cm³/mol. The number of nitrogens with zero attached hydrogens (tertiary/aromatic N) is 1. The summed E-state index contributed by atoms with van der Waals surface area (Å²) in [6.45, 7) is 15.0. The van der Waals surface area contributed by atoms with Crippen LogP contribution in [0.15, 0.2) is 43.0 Å². The molecule has 4 atom stereocenters. The fourth-order valence-corrected chi connectivity index (χ4v) is 3.67. The van der Waals surface area contributed by atoms with E-state index in [1.807, 2.05) is 38.1 Å². The van der Waals surface area contributed by atoms with Crippen LogP contribution in [0.25, 0.3) is 0 Å². The average molecular weight is 377 g/mol. The fourth-order valence-electron chi connectivity index (χ4n) is 3.67. The Hall–Kier alpha value is -1.24. The first-order chi connectivity index (χ1) is 12.5. The summed E-state index contributed by atoms with van der Waals surface area (Å²) in [4.78, 5) is 2.27. The molecule has 0 amide bonds. The number of nitrogens with two attached hydrogens (primary N) is 1. The first-order valence-electron chi connectivity index (χ1n) is 9.72. The normalized spacial score (nSPS) is 23.2. The fraction of sp³-hybridized carbons (Fsp3) is 0.636. The molecular formula is C22H36N2O3. The van der Waals surface area contributed by atoms with Crippen LogP contribution < -0.4 is 5.73 Å². The van der Waals surface area contributed by atoms with Crippen molar-refractivity contribution in [3.05, 3.63) is 48.6 Å². The van der Waals surface area contributed by atoms with Crippen molar-refractivity contribution in [1.82, 2.24) is 4.90 Å². The molecule has 2 rings (SSSR count). The molecule has 1 aliphatic heterocycles. The largest absolute Gasteiger partial charge is 0.389 e. The van der Waals surface area contributed by atoms with Crippen molar-refractivity contribution in [2.24, 2.45) is 5.73 Å². The topological polar surface area (TPSA) is 68.0 Å². The van der Waals surface area contributed by atoms with Gasteiger partial charge in [0.2, 0.25) is 0 Å². The molecule has 152 valence electrons. The maximum Gasteiger partial charge on any atom is 0.163 e. The molecule has 5 heteroatoms. The van der Waals surface area contributed by atoms with Crippen molar-refractivity contribution in [2.45, 2.75) is 83.2 Å². The van der Waals surface area contributed by atoms with Gasteiger partial charge in [0.1, 0.15) is 6.10 Å². The van der Waals surface area contributed by atoms with E-state index in [0.717, 1.165) is 0 Å². The predicted octanol–water partition coefficient (Wildman–Crippen LogP) is 3.07. The van der Waals surface area contributed by atoms with Gasteiger partial charge in [0.15, 0.2) is 5.79 Å². The highest BCUT2D eigenvalue weighted by Gasteiger charge is 2.45. The number of aliphatic hydroxyl groups excluding tert-OH is 1. The van der Waals surface area contributed by atoms with Gasteiger partial charge in [0.05, 0.1) is 18.8 Å². The van der Waals surface area contributed by atoms with E-state index in [2.05, 4.69) is 44.4 Å². The van der Waals surface area contributed by atoms with Crippen molar-refractivity contribution in [2.75, 3.05) is 6.61 Å². The second-order valence-corrected chi connectivity index (χ2v) is 8.82. The third-order valence-corrected chi connectivity index (χ3v) is 5.06. The van der Waals surface area contributed by atoms with Crippen molar-refractivity contribution in [1.29, 1.82) is 0 Å². The summed E-state index contributed by atoms with van der Waals surface area (Å²) < 4.78 is 11.6. The van der Waals surface area contributed by atoms with Crippen molar-refractivity contribution < 1.29 is 14.6 Å². The van der Waals surface area contributed by atoms with Crippen LogP contribution in [0.1, 0.15) is 46.6 Å². The quantitative estimate of drug-likeness (QED) is 0.683. The lowest BCUT2D eigenvalue weighted by molar-refractivity contribution is -0.161. The Morgan fingerprint density at radius 1 is 1.33 bits per heavy atom. The third kappa shape index (κ3) is 5.87. The monoisotopic (exact) mass is 376 g/mol. The molecular weight excluding hydrogens is 340 g/mol. The summed E-state index contributed by atoms with van der Waals surface area (Å²) in [5.74, 6) is -0.690. The summed E-state index contributed by atoms with van der Waals surface area (Å²) in [6.07, 6.45) is 1.23. The van der Waals surface area contributed by atoms with Gasteiger partial charge >= 0.3 is 0 Å². The number of hydrogen-bond donors (Lipinski definition) is 2. The molecule has 1 fully saturated rings. The van der Waals surface area contributed by atoms with Crippen LogP contribution >= 0.6 is 0 Å². The molecule has 27 heavy (non-hydrogen) atoms. The highest BCUT2D eigenvalue weighted by atomic mass is 16.7. The molecule has 0 bridgehead atoms. The lowest BCUT2D eigenvalue weighted by atomic mass is 9.90. The molecule has 1 aliphatic rings. The summed E-state index contributed by atoms with van der Waals surface area (Å²) in [6, 6.07) is 9.69. The Morgan fingerprint density at radius 3 is 2.44 bits per heavy atom. The van der Waals surface area contributed by atoms with E-state index in [-0.39, 0.29) is 17.6 Å². The Kier molecular flexibility index (Phi) is 7.22. The molecule has 3 N–H and O–H groups in total. The molecule has 0 spiro atoms. The van der Waals surface area contributed by atoms with E-state index in [1.165, 1.54) is 5.56 Å². The zero-order valence-electron chi connectivity index (χ0n) is 17.4. The molecule has 0 aromatic heterocycles. The van der Waals surface area contributed by atoms with Gasteiger partial charge < -0.3 is 20.3 Å². The first kappa shape index (κ1) is 22.1. The third-order valence-electron chi connectivity index (χ3n) is 5.06. The van der Waals surface area contributed by atoms with E-state index >= 15 is 0 Å². The minimum atomic E-state index is -0.773. The van der Waals surface area contributed by atoms with Gasteiger partial charge in [-0.2, -0.15) is 0 Å². The summed E-state index contributed by atoms with van der Waals surface area (Å²) in [5.41, 5.74) is 7.53. The summed E-state index contributed by atoms with van der Waals surface area (Å²) in [7, 11) is 0. The number of benzene rings is 1. The van der Waals surface area contributed by atoms with Crippen LogP contribution in [0.3, 0.4) is 0 Å². The Morgan fingerprint density at radius 2 is 1.96 bits per heavy atom. The van der Waals surface area contributed by atoms with Gasteiger partial charge in [0.25, 0.3) is 0 Å². The van der Waals surface area contributed by atoms with Crippen LogP contribution in [0.4, 0.5) is 0 Å². The minimum Gasteiger partial charge on any atom is -0.389 e. The van der Waals surface area contributed by atoms with Crippen molar-refractivity contribution >= 4 is 0 Å². The average Bonchev–Trinajstić information content (AvgIpc) is 2.94. The van der Waals surface area contributed by atoms with E-state index in [1.54, 1.807) is 0 Å². The van der Waals surface area contributed by atoms with E-state index in [0.29, 0.717) is 19.6 Å². The SMILES string of the molecule is C=CC[C@@H](N)[C@@H]([C@H](O)[C@H]1COC(C)(C)O1)N(Cc1ccccc1)C(C)(C)C. The molecule has 0 saturated carbocycles. The van der Waals surface area contributed by atoms with Gasteiger partial charge in [-0.05, 0) is 46.6 Å². The minimum absolute atomic E-state index is 0.199. The molecule has 1 aromatic rings. The number of aliphatic hydroxyl groups is 1. The maximum atomic E-state index is 11.3. The molecule has 5 nitrogen and oxygen atoms in total. The Bertz CT molecular complexity index is 597. The van der Waals surface area contributed by atoms with Gasteiger partial charge in [-0.15, -0.1) is 6.58 Å². The van der Waals surface area contributed by atoms with Crippen molar-refractivity contribution in [3.8, 4) is 0 Å². The molecule has 1 heterocycles. The van der Waals surface area contributed by atoms with Gasteiger partial charge in [-0.1, -0.05) is 36.4 Å².